The summed E-state index contributed by atoms with van der Waals surface area (Å²) in [7, 11) is 0. The molecule has 0 aromatic rings. The molecule has 2 nitrogen and oxygen atoms in total. The van der Waals surface area contributed by atoms with E-state index < -0.39 is 0 Å². The molecule has 21 heavy (non-hydrogen) atoms. The predicted octanol–water partition coefficient (Wildman–Crippen LogP) is 5.44. The summed E-state index contributed by atoms with van der Waals surface area (Å²) in [4.78, 5) is 11.3. The largest absolute Gasteiger partial charge is 0.463 e. The lowest BCUT2D eigenvalue weighted by Gasteiger charge is -2.23. The normalized spacial score (nSPS) is 18.9. The van der Waals surface area contributed by atoms with E-state index in [4.69, 9.17) is 4.74 Å². The summed E-state index contributed by atoms with van der Waals surface area (Å²) < 4.78 is 4.93. The van der Waals surface area contributed by atoms with E-state index in [0.29, 0.717) is 6.61 Å². The minimum Gasteiger partial charge on any atom is -0.463 e. The Labute approximate surface area is 130 Å². The van der Waals surface area contributed by atoms with Crippen molar-refractivity contribution in [2.45, 2.75) is 72.6 Å². The third kappa shape index (κ3) is 6.97. The first kappa shape index (κ1) is 18.0. The summed E-state index contributed by atoms with van der Waals surface area (Å²) in [6.45, 7) is 9.21. The topological polar surface area (TPSA) is 26.3 Å². The Balaban J connectivity index is 2.31. The van der Waals surface area contributed by atoms with Crippen molar-refractivity contribution in [1.82, 2.24) is 0 Å². The van der Waals surface area contributed by atoms with E-state index in [-0.39, 0.29) is 5.97 Å². The Morgan fingerprint density at radius 1 is 1.29 bits per heavy atom. The molecule has 0 bridgehead atoms. The molecule has 1 rings (SSSR count). The lowest BCUT2D eigenvalue weighted by Crippen LogP contribution is -2.09. The van der Waals surface area contributed by atoms with Gasteiger partial charge < -0.3 is 4.74 Å². The maximum absolute atomic E-state index is 11.3. The van der Waals surface area contributed by atoms with Crippen molar-refractivity contribution in [2.75, 3.05) is 6.61 Å². The molecule has 0 aliphatic heterocycles. The molecule has 0 amide bonds. The predicted molar refractivity (Wildman–Crippen MR) is 89.1 cm³/mol. The minimum absolute atomic E-state index is 0.205. The molecule has 0 aromatic carbocycles. The molecule has 2 unspecified atom stereocenters. The fraction of sp³-hybridized carbons (Fsp3) is 0.737. The lowest BCUT2D eigenvalue weighted by molar-refractivity contribution is -0.137. The molecule has 2 heteroatoms. The van der Waals surface area contributed by atoms with Gasteiger partial charge in [-0.05, 0) is 37.2 Å². The number of carbonyl (C=O) groups is 1. The highest BCUT2D eigenvalue weighted by Crippen LogP contribution is 2.33. The molecule has 1 aliphatic rings. The van der Waals surface area contributed by atoms with E-state index in [0.717, 1.165) is 23.8 Å². The summed E-state index contributed by atoms with van der Waals surface area (Å²) in [5.41, 5.74) is 2.62. The smallest absolute Gasteiger partial charge is 0.331 e. The monoisotopic (exact) mass is 292 g/mol. The standard InChI is InChI=1S/C19H32O2/c1-5-15(4)9-8-10-16(6-2)11-17-12-18(13-17)14-19(20)21-7-3/h12,14-16H,5-11,13H2,1-4H3. The Kier molecular flexibility index (Phi) is 8.41. The van der Waals surface area contributed by atoms with Gasteiger partial charge in [-0.25, -0.2) is 4.79 Å². The van der Waals surface area contributed by atoms with Gasteiger partial charge in [0.05, 0.1) is 6.61 Å². The van der Waals surface area contributed by atoms with Gasteiger partial charge in [-0.1, -0.05) is 64.5 Å². The van der Waals surface area contributed by atoms with Crippen LogP contribution in [-0.4, -0.2) is 12.6 Å². The second kappa shape index (κ2) is 9.81. The highest BCUT2D eigenvalue weighted by atomic mass is 16.5. The van der Waals surface area contributed by atoms with Crippen LogP contribution in [0.25, 0.3) is 0 Å². The first-order chi connectivity index (χ1) is 10.1. The van der Waals surface area contributed by atoms with Crippen molar-refractivity contribution in [3.63, 3.8) is 0 Å². The van der Waals surface area contributed by atoms with Crippen LogP contribution >= 0.6 is 0 Å². The quantitative estimate of drug-likeness (QED) is 0.396. The van der Waals surface area contributed by atoms with Gasteiger partial charge in [-0.2, -0.15) is 0 Å². The van der Waals surface area contributed by atoms with E-state index in [9.17, 15) is 4.79 Å². The maximum Gasteiger partial charge on any atom is 0.331 e. The van der Waals surface area contributed by atoms with Crippen molar-refractivity contribution in [1.29, 1.82) is 0 Å². The van der Waals surface area contributed by atoms with Crippen molar-refractivity contribution in [2.24, 2.45) is 11.8 Å². The summed E-state index contributed by atoms with van der Waals surface area (Å²) in [6.07, 6.45) is 12.6. The van der Waals surface area contributed by atoms with Crippen LogP contribution in [0.15, 0.2) is 23.3 Å². The highest BCUT2D eigenvalue weighted by Gasteiger charge is 2.17. The van der Waals surface area contributed by atoms with Crippen molar-refractivity contribution >= 4 is 5.97 Å². The third-order valence-electron chi connectivity index (χ3n) is 4.54. The van der Waals surface area contributed by atoms with E-state index >= 15 is 0 Å². The van der Waals surface area contributed by atoms with Crippen LogP contribution in [-0.2, 0) is 9.53 Å². The molecule has 0 spiro atoms. The summed E-state index contributed by atoms with van der Waals surface area (Å²) in [5.74, 6) is 1.47. The fourth-order valence-corrected chi connectivity index (χ4v) is 2.83. The zero-order chi connectivity index (χ0) is 15.7. The molecule has 0 saturated heterocycles. The molecule has 0 aromatic heterocycles. The van der Waals surface area contributed by atoms with Crippen LogP contribution in [0.2, 0.25) is 0 Å². The van der Waals surface area contributed by atoms with Gasteiger partial charge in [0.1, 0.15) is 0 Å². The molecule has 0 saturated carbocycles. The number of hydrogen-bond acceptors (Lipinski definition) is 2. The molecule has 120 valence electrons. The number of ether oxygens (including phenoxy) is 1. The number of allylic oxidation sites excluding steroid dienone is 3. The van der Waals surface area contributed by atoms with Crippen LogP contribution in [0.3, 0.4) is 0 Å². The van der Waals surface area contributed by atoms with Gasteiger partial charge in [0, 0.05) is 6.08 Å². The van der Waals surface area contributed by atoms with Crippen LogP contribution < -0.4 is 0 Å². The number of esters is 1. The molecule has 0 heterocycles. The Hall–Kier alpha value is -1.05. The van der Waals surface area contributed by atoms with Crippen LogP contribution in [0.4, 0.5) is 0 Å². The number of rotatable bonds is 10. The summed E-state index contributed by atoms with van der Waals surface area (Å²) >= 11 is 0. The highest BCUT2D eigenvalue weighted by molar-refractivity contribution is 5.84. The van der Waals surface area contributed by atoms with E-state index in [1.165, 1.54) is 44.1 Å². The SMILES string of the molecule is CCOC(=O)C=C1C=C(CC(CC)CCCC(C)CC)C1. The van der Waals surface area contributed by atoms with Gasteiger partial charge in [-0.3, -0.25) is 0 Å². The Bertz CT molecular complexity index is 379. The fourth-order valence-electron chi connectivity index (χ4n) is 2.83. The first-order valence-electron chi connectivity index (χ1n) is 8.65. The van der Waals surface area contributed by atoms with Gasteiger partial charge in [0.25, 0.3) is 0 Å². The van der Waals surface area contributed by atoms with Crippen LogP contribution in [0.5, 0.6) is 0 Å². The van der Waals surface area contributed by atoms with Crippen molar-refractivity contribution in [3.8, 4) is 0 Å². The molecule has 0 radical (unpaired) electrons. The Morgan fingerprint density at radius 3 is 2.57 bits per heavy atom. The zero-order valence-corrected chi connectivity index (χ0v) is 14.3. The van der Waals surface area contributed by atoms with Gasteiger partial charge in [0.2, 0.25) is 0 Å². The average Bonchev–Trinajstić information content (AvgIpc) is 2.43. The second-order valence-corrected chi connectivity index (χ2v) is 6.37. The van der Waals surface area contributed by atoms with Crippen molar-refractivity contribution < 1.29 is 9.53 Å². The van der Waals surface area contributed by atoms with E-state index in [2.05, 4.69) is 26.8 Å². The van der Waals surface area contributed by atoms with E-state index in [1.807, 2.05) is 6.92 Å². The van der Waals surface area contributed by atoms with E-state index in [1.54, 1.807) is 6.08 Å². The third-order valence-corrected chi connectivity index (χ3v) is 4.54. The van der Waals surface area contributed by atoms with Gasteiger partial charge >= 0.3 is 5.97 Å². The second-order valence-electron chi connectivity index (χ2n) is 6.37. The molecule has 2 atom stereocenters. The lowest BCUT2D eigenvalue weighted by atomic mass is 9.82. The zero-order valence-electron chi connectivity index (χ0n) is 14.3. The van der Waals surface area contributed by atoms with Crippen LogP contribution in [0, 0.1) is 11.8 Å². The first-order valence-corrected chi connectivity index (χ1v) is 8.65. The molecule has 0 fully saturated rings. The van der Waals surface area contributed by atoms with Crippen LogP contribution in [0.1, 0.15) is 72.6 Å². The minimum atomic E-state index is -0.205. The average molecular weight is 292 g/mol. The molecular weight excluding hydrogens is 260 g/mol. The van der Waals surface area contributed by atoms with Crippen molar-refractivity contribution in [3.05, 3.63) is 23.3 Å². The van der Waals surface area contributed by atoms with Gasteiger partial charge in [0.15, 0.2) is 0 Å². The van der Waals surface area contributed by atoms with Gasteiger partial charge in [-0.15, -0.1) is 0 Å². The Morgan fingerprint density at radius 2 is 2.00 bits per heavy atom. The molecule has 1 aliphatic carbocycles. The summed E-state index contributed by atoms with van der Waals surface area (Å²) in [6, 6.07) is 0. The summed E-state index contributed by atoms with van der Waals surface area (Å²) in [5, 5.41) is 0. The molecule has 0 N–H and O–H groups in total. The number of carbonyl (C=O) groups excluding carboxylic acids is 1. The number of hydrogen-bond donors (Lipinski definition) is 0. The molecular formula is C19H32O2. The maximum atomic E-state index is 11.3.